The van der Waals surface area contributed by atoms with Gasteiger partial charge in [0.05, 0.1) is 28.9 Å². The molecule has 0 spiro atoms. The molecule has 0 radical (unpaired) electrons. The molecular formula is C19H15BrN4O2. The fourth-order valence-corrected chi connectivity index (χ4v) is 3.90. The zero-order valence-electron chi connectivity index (χ0n) is 13.9. The highest BCUT2D eigenvalue weighted by Gasteiger charge is 2.39. The first-order chi connectivity index (χ1) is 12.6. The quantitative estimate of drug-likeness (QED) is 0.712. The van der Waals surface area contributed by atoms with Crippen molar-refractivity contribution in [2.24, 2.45) is 5.92 Å². The Hall–Kier alpha value is -2.72. The third-order valence-corrected chi connectivity index (χ3v) is 5.25. The molecule has 0 unspecified atom stereocenters. The smallest absolute Gasteiger partial charge is 0.232 e. The highest BCUT2D eigenvalue weighted by Crippen LogP contribution is 2.32. The number of aromatic nitrogens is 1. The molecular weight excluding hydrogens is 396 g/mol. The van der Waals surface area contributed by atoms with E-state index in [1.165, 1.54) is 0 Å². The van der Waals surface area contributed by atoms with E-state index in [1.807, 2.05) is 12.1 Å². The van der Waals surface area contributed by atoms with E-state index in [-0.39, 0.29) is 24.2 Å². The normalized spacial score (nSPS) is 18.8. The molecule has 3 heterocycles. The van der Waals surface area contributed by atoms with Crippen LogP contribution in [0, 0.1) is 17.2 Å². The second kappa shape index (κ2) is 6.54. The highest BCUT2D eigenvalue weighted by atomic mass is 79.9. The van der Waals surface area contributed by atoms with Gasteiger partial charge in [0.2, 0.25) is 11.8 Å². The molecule has 4 rings (SSSR count). The van der Waals surface area contributed by atoms with Crippen LogP contribution in [-0.2, 0) is 16.0 Å². The van der Waals surface area contributed by atoms with Crippen LogP contribution < -0.4 is 9.80 Å². The molecule has 26 heavy (non-hydrogen) atoms. The Labute approximate surface area is 159 Å². The third kappa shape index (κ3) is 2.86. The van der Waals surface area contributed by atoms with Crippen LogP contribution in [0.25, 0.3) is 0 Å². The maximum Gasteiger partial charge on any atom is 0.232 e. The SMILES string of the molecule is N#Cc1cccc(N2C[C@@H](C(=O)N3CCc4nc(Br)ccc43)CC2=O)c1. The topological polar surface area (TPSA) is 77.3 Å². The maximum atomic E-state index is 13.0. The zero-order valence-corrected chi connectivity index (χ0v) is 15.4. The van der Waals surface area contributed by atoms with Crippen molar-refractivity contribution in [1.29, 1.82) is 5.26 Å². The molecule has 0 N–H and O–H groups in total. The first kappa shape index (κ1) is 16.7. The van der Waals surface area contributed by atoms with E-state index < -0.39 is 0 Å². The van der Waals surface area contributed by atoms with E-state index >= 15 is 0 Å². The molecule has 2 amide bonds. The van der Waals surface area contributed by atoms with Gasteiger partial charge in [-0.3, -0.25) is 9.59 Å². The zero-order chi connectivity index (χ0) is 18.3. The minimum atomic E-state index is -0.386. The third-order valence-electron chi connectivity index (χ3n) is 4.81. The van der Waals surface area contributed by atoms with Gasteiger partial charge >= 0.3 is 0 Å². The molecule has 0 saturated carbocycles. The second-order valence-corrected chi connectivity index (χ2v) is 7.22. The molecule has 2 aliphatic rings. The average Bonchev–Trinajstić information content (AvgIpc) is 3.24. The van der Waals surface area contributed by atoms with Crippen LogP contribution >= 0.6 is 15.9 Å². The summed E-state index contributed by atoms with van der Waals surface area (Å²) in [6.45, 7) is 0.925. The Morgan fingerprint density at radius 1 is 1.31 bits per heavy atom. The van der Waals surface area contributed by atoms with E-state index in [9.17, 15) is 9.59 Å². The Morgan fingerprint density at radius 2 is 2.15 bits per heavy atom. The standard InChI is InChI=1S/C19H15BrN4O2/c20-17-5-4-16-15(22-17)6-7-23(16)19(26)13-9-18(25)24(11-13)14-3-1-2-12(8-14)10-21/h1-5,8,13H,6-7,9,11H2/t13-/m0/s1. The van der Waals surface area contributed by atoms with Crippen LogP contribution in [0.5, 0.6) is 0 Å². The van der Waals surface area contributed by atoms with Crippen molar-refractivity contribution in [3.05, 3.63) is 52.3 Å². The fourth-order valence-electron chi connectivity index (χ4n) is 3.55. The van der Waals surface area contributed by atoms with Crippen molar-refractivity contribution in [2.75, 3.05) is 22.9 Å². The van der Waals surface area contributed by atoms with Crippen LogP contribution in [-0.4, -0.2) is 29.9 Å². The van der Waals surface area contributed by atoms with Gasteiger partial charge in [-0.2, -0.15) is 5.26 Å². The highest BCUT2D eigenvalue weighted by molar-refractivity contribution is 9.10. The second-order valence-electron chi connectivity index (χ2n) is 6.41. The Kier molecular flexibility index (Phi) is 4.21. The van der Waals surface area contributed by atoms with Crippen molar-refractivity contribution >= 4 is 39.1 Å². The van der Waals surface area contributed by atoms with Crippen molar-refractivity contribution in [3.63, 3.8) is 0 Å². The molecule has 2 aromatic rings. The van der Waals surface area contributed by atoms with Crippen LogP contribution in [0.3, 0.4) is 0 Å². The van der Waals surface area contributed by atoms with Gasteiger partial charge in [-0.15, -0.1) is 0 Å². The lowest BCUT2D eigenvalue weighted by Crippen LogP contribution is -2.36. The van der Waals surface area contributed by atoms with Gasteiger partial charge in [0.15, 0.2) is 0 Å². The van der Waals surface area contributed by atoms with Gasteiger partial charge in [0.1, 0.15) is 4.60 Å². The summed E-state index contributed by atoms with van der Waals surface area (Å²) in [7, 11) is 0. The summed E-state index contributed by atoms with van der Waals surface area (Å²) in [5.41, 5.74) is 2.89. The fraction of sp³-hybridized carbons (Fsp3) is 0.263. The van der Waals surface area contributed by atoms with Crippen LogP contribution in [0.4, 0.5) is 11.4 Å². The van der Waals surface area contributed by atoms with E-state index in [0.29, 0.717) is 24.3 Å². The van der Waals surface area contributed by atoms with Gasteiger partial charge < -0.3 is 9.80 Å². The molecule has 2 aliphatic heterocycles. The molecule has 1 saturated heterocycles. The molecule has 1 atom stereocenters. The summed E-state index contributed by atoms with van der Waals surface area (Å²) in [6, 6.07) is 12.7. The van der Waals surface area contributed by atoms with Crippen molar-refractivity contribution in [1.82, 2.24) is 4.98 Å². The molecule has 0 aliphatic carbocycles. The summed E-state index contributed by atoms with van der Waals surface area (Å²) >= 11 is 3.35. The minimum absolute atomic E-state index is 0.0415. The van der Waals surface area contributed by atoms with Gasteiger partial charge in [0.25, 0.3) is 0 Å². The number of nitriles is 1. The molecule has 0 bridgehead atoms. The number of hydrogen-bond donors (Lipinski definition) is 0. The van der Waals surface area contributed by atoms with E-state index in [1.54, 1.807) is 34.1 Å². The van der Waals surface area contributed by atoms with Crippen molar-refractivity contribution < 1.29 is 9.59 Å². The number of benzene rings is 1. The average molecular weight is 411 g/mol. The maximum absolute atomic E-state index is 13.0. The Balaban J connectivity index is 1.54. The summed E-state index contributed by atoms with van der Waals surface area (Å²) < 4.78 is 0.755. The van der Waals surface area contributed by atoms with Gasteiger partial charge in [0, 0.05) is 31.6 Å². The molecule has 1 aromatic heterocycles. The number of nitrogens with zero attached hydrogens (tertiary/aromatic N) is 4. The molecule has 1 fully saturated rings. The number of anilines is 2. The van der Waals surface area contributed by atoms with Gasteiger partial charge in [-0.1, -0.05) is 6.07 Å². The van der Waals surface area contributed by atoms with Crippen molar-refractivity contribution in [2.45, 2.75) is 12.8 Å². The lowest BCUT2D eigenvalue weighted by atomic mass is 10.1. The first-order valence-corrected chi connectivity index (χ1v) is 9.13. The van der Waals surface area contributed by atoms with Crippen LogP contribution in [0.2, 0.25) is 0 Å². The first-order valence-electron chi connectivity index (χ1n) is 8.34. The molecule has 7 heteroatoms. The minimum Gasteiger partial charge on any atom is -0.312 e. The number of carbonyl (C=O) groups is 2. The monoisotopic (exact) mass is 410 g/mol. The van der Waals surface area contributed by atoms with Gasteiger partial charge in [-0.25, -0.2) is 4.98 Å². The summed E-state index contributed by atoms with van der Waals surface area (Å²) in [5.74, 6) is -0.519. The summed E-state index contributed by atoms with van der Waals surface area (Å²) in [4.78, 5) is 33.2. The Morgan fingerprint density at radius 3 is 2.96 bits per heavy atom. The number of hydrogen-bond acceptors (Lipinski definition) is 4. The summed E-state index contributed by atoms with van der Waals surface area (Å²) in [6.07, 6.45) is 0.903. The number of pyridine rings is 1. The van der Waals surface area contributed by atoms with Gasteiger partial charge in [-0.05, 0) is 46.3 Å². The Bertz CT molecular complexity index is 953. The van der Waals surface area contributed by atoms with E-state index in [2.05, 4.69) is 27.0 Å². The summed E-state index contributed by atoms with van der Waals surface area (Å²) in [5, 5.41) is 9.04. The molecule has 130 valence electrons. The predicted octanol–water partition coefficient (Wildman–Crippen LogP) is 2.66. The predicted molar refractivity (Wildman–Crippen MR) is 99.6 cm³/mol. The van der Waals surface area contributed by atoms with Crippen LogP contribution in [0.1, 0.15) is 17.7 Å². The number of carbonyl (C=O) groups excluding carboxylic acids is 2. The van der Waals surface area contributed by atoms with Crippen molar-refractivity contribution in [3.8, 4) is 6.07 Å². The lowest BCUT2D eigenvalue weighted by Gasteiger charge is -2.21. The number of amides is 2. The molecule has 6 nitrogen and oxygen atoms in total. The number of fused-ring (bicyclic) bond motifs is 1. The largest absolute Gasteiger partial charge is 0.312 e. The lowest BCUT2D eigenvalue weighted by molar-refractivity contribution is -0.124. The molecule has 1 aromatic carbocycles. The van der Waals surface area contributed by atoms with E-state index in [0.717, 1.165) is 22.4 Å². The van der Waals surface area contributed by atoms with E-state index in [4.69, 9.17) is 5.26 Å². The number of rotatable bonds is 2. The van der Waals surface area contributed by atoms with Crippen LogP contribution in [0.15, 0.2) is 41.0 Å². The number of halogens is 1.